The highest BCUT2D eigenvalue weighted by atomic mass is 32.2. The number of benzene rings is 2. The molecule has 140 valence electrons. The molecule has 0 saturated carbocycles. The Morgan fingerprint density at radius 3 is 2.15 bits per heavy atom. The number of anilines is 1. The molecular formula is C20H26N2O3S. The zero-order chi connectivity index (χ0) is 19.3. The summed E-state index contributed by atoms with van der Waals surface area (Å²) in [6.07, 6.45) is 1.13. The molecule has 5 nitrogen and oxygen atoms in total. The predicted molar refractivity (Wildman–Crippen MR) is 106 cm³/mol. The van der Waals surface area contributed by atoms with Crippen LogP contribution in [0.2, 0.25) is 0 Å². The first-order chi connectivity index (χ1) is 12.2. The molecule has 0 radical (unpaired) electrons. The van der Waals surface area contributed by atoms with Gasteiger partial charge < -0.3 is 4.90 Å². The summed E-state index contributed by atoms with van der Waals surface area (Å²) in [5, 5.41) is 0. The molecule has 0 saturated heterocycles. The van der Waals surface area contributed by atoms with Crippen LogP contribution < -0.4 is 4.31 Å². The van der Waals surface area contributed by atoms with Gasteiger partial charge in [0.1, 0.15) is 6.54 Å². The van der Waals surface area contributed by atoms with Gasteiger partial charge >= 0.3 is 0 Å². The molecule has 0 aliphatic rings. The molecular weight excluding hydrogens is 348 g/mol. The van der Waals surface area contributed by atoms with E-state index < -0.39 is 10.0 Å². The topological polar surface area (TPSA) is 57.7 Å². The van der Waals surface area contributed by atoms with E-state index >= 15 is 0 Å². The van der Waals surface area contributed by atoms with Crippen molar-refractivity contribution >= 4 is 21.6 Å². The highest BCUT2D eigenvalue weighted by Gasteiger charge is 2.25. The average Bonchev–Trinajstić information content (AvgIpc) is 2.59. The summed E-state index contributed by atoms with van der Waals surface area (Å²) in [5.74, 6) is -0.106. The fourth-order valence-electron chi connectivity index (χ4n) is 2.77. The Bertz CT molecular complexity index is 848. The van der Waals surface area contributed by atoms with Crippen molar-refractivity contribution in [2.24, 2.45) is 0 Å². The van der Waals surface area contributed by atoms with Crippen LogP contribution in [0.5, 0.6) is 0 Å². The number of nitrogens with zero attached hydrogens (tertiary/aromatic N) is 2. The van der Waals surface area contributed by atoms with Gasteiger partial charge in [0.2, 0.25) is 15.9 Å². The molecule has 0 aromatic heterocycles. The van der Waals surface area contributed by atoms with Crippen LogP contribution in [-0.2, 0) is 21.4 Å². The summed E-state index contributed by atoms with van der Waals surface area (Å²) in [4.78, 5) is 14.2. The third-order valence-electron chi connectivity index (χ3n) is 4.19. The van der Waals surface area contributed by atoms with Gasteiger partial charge in [-0.1, -0.05) is 62.4 Å². The van der Waals surface area contributed by atoms with Crippen LogP contribution in [0.1, 0.15) is 30.9 Å². The first-order valence-corrected chi connectivity index (χ1v) is 10.4. The zero-order valence-corrected chi connectivity index (χ0v) is 16.5. The standard InChI is InChI=1S/C20H26N2O3S/c1-16(2)18-12-8-9-13-19(18)22(26(4,24)25)15-20(23)21(3)14-17-10-6-5-7-11-17/h5-13,16H,14-15H2,1-4H3. The van der Waals surface area contributed by atoms with Gasteiger partial charge in [-0.2, -0.15) is 0 Å². The maximum atomic E-state index is 12.7. The molecule has 6 heteroatoms. The van der Waals surface area contributed by atoms with E-state index in [2.05, 4.69) is 0 Å². The van der Waals surface area contributed by atoms with Crippen LogP contribution in [0, 0.1) is 0 Å². The van der Waals surface area contributed by atoms with E-state index in [1.165, 1.54) is 4.31 Å². The lowest BCUT2D eigenvalue weighted by molar-refractivity contribution is -0.128. The van der Waals surface area contributed by atoms with Gasteiger partial charge in [0, 0.05) is 13.6 Å². The van der Waals surface area contributed by atoms with Gasteiger partial charge in [-0.3, -0.25) is 9.10 Å². The van der Waals surface area contributed by atoms with Crippen LogP contribution >= 0.6 is 0 Å². The van der Waals surface area contributed by atoms with E-state index in [0.29, 0.717) is 12.2 Å². The molecule has 0 atom stereocenters. The van der Waals surface area contributed by atoms with Crippen molar-refractivity contribution in [3.05, 3.63) is 65.7 Å². The lowest BCUT2D eigenvalue weighted by Crippen LogP contribution is -2.41. The zero-order valence-electron chi connectivity index (χ0n) is 15.7. The number of hydrogen-bond donors (Lipinski definition) is 0. The number of likely N-dealkylation sites (N-methyl/N-ethyl adjacent to an activating group) is 1. The molecule has 0 aliphatic carbocycles. The molecule has 0 fully saturated rings. The minimum Gasteiger partial charge on any atom is -0.340 e. The number of rotatable bonds is 7. The minimum atomic E-state index is -3.59. The number of hydrogen-bond acceptors (Lipinski definition) is 3. The molecule has 0 heterocycles. The number of amides is 1. The van der Waals surface area contributed by atoms with Crippen LogP contribution in [0.15, 0.2) is 54.6 Å². The van der Waals surface area contributed by atoms with Gasteiger partial charge in [0.25, 0.3) is 0 Å². The maximum Gasteiger partial charge on any atom is 0.243 e. The second-order valence-corrected chi connectivity index (χ2v) is 8.63. The van der Waals surface area contributed by atoms with Gasteiger partial charge in [-0.05, 0) is 23.1 Å². The van der Waals surface area contributed by atoms with Crippen LogP contribution in [0.4, 0.5) is 5.69 Å². The summed E-state index contributed by atoms with van der Waals surface area (Å²) >= 11 is 0. The van der Waals surface area contributed by atoms with E-state index in [1.807, 2.05) is 56.3 Å². The summed E-state index contributed by atoms with van der Waals surface area (Å²) < 4.78 is 26.0. The highest BCUT2D eigenvalue weighted by Crippen LogP contribution is 2.29. The van der Waals surface area contributed by atoms with E-state index in [1.54, 1.807) is 24.1 Å². The maximum absolute atomic E-state index is 12.7. The minimum absolute atomic E-state index is 0.146. The lowest BCUT2D eigenvalue weighted by Gasteiger charge is -2.27. The third-order valence-corrected chi connectivity index (χ3v) is 5.32. The molecule has 0 unspecified atom stereocenters. The SMILES string of the molecule is CC(C)c1ccccc1N(CC(=O)N(C)Cc1ccccc1)S(C)(=O)=O. The summed E-state index contributed by atoms with van der Waals surface area (Å²) in [6.45, 7) is 4.22. The number of carbonyl (C=O) groups is 1. The van der Waals surface area contributed by atoms with E-state index in [4.69, 9.17) is 0 Å². The molecule has 0 spiro atoms. The summed E-state index contributed by atoms with van der Waals surface area (Å²) in [5.41, 5.74) is 2.46. The van der Waals surface area contributed by atoms with Gasteiger partial charge in [-0.15, -0.1) is 0 Å². The largest absolute Gasteiger partial charge is 0.340 e. The van der Waals surface area contributed by atoms with Crippen LogP contribution in [0.25, 0.3) is 0 Å². The number of sulfonamides is 1. The van der Waals surface area contributed by atoms with Crippen molar-refractivity contribution in [1.82, 2.24) is 4.90 Å². The van der Waals surface area contributed by atoms with E-state index in [0.717, 1.165) is 17.4 Å². The molecule has 0 aliphatic heterocycles. The Morgan fingerprint density at radius 1 is 1.00 bits per heavy atom. The van der Waals surface area contributed by atoms with Gasteiger partial charge in [0.05, 0.1) is 11.9 Å². The fraction of sp³-hybridized carbons (Fsp3) is 0.350. The fourth-order valence-corrected chi connectivity index (χ4v) is 3.64. The van der Waals surface area contributed by atoms with Gasteiger partial charge in [0.15, 0.2) is 0 Å². The molecule has 2 aromatic rings. The molecule has 1 amide bonds. The number of para-hydroxylation sites is 1. The quantitative estimate of drug-likeness (QED) is 0.748. The summed E-state index contributed by atoms with van der Waals surface area (Å²) in [6, 6.07) is 16.9. The molecule has 26 heavy (non-hydrogen) atoms. The number of carbonyl (C=O) groups excluding carboxylic acids is 1. The second kappa shape index (κ2) is 8.36. The van der Waals surface area contributed by atoms with Crippen molar-refractivity contribution in [3.8, 4) is 0 Å². The first kappa shape index (κ1) is 20.0. The molecule has 2 aromatic carbocycles. The lowest BCUT2D eigenvalue weighted by atomic mass is 10.0. The Morgan fingerprint density at radius 2 is 1.58 bits per heavy atom. The Balaban J connectivity index is 2.25. The Labute approximate surface area is 156 Å². The van der Waals surface area contributed by atoms with Gasteiger partial charge in [-0.25, -0.2) is 8.42 Å². The van der Waals surface area contributed by atoms with Crippen LogP contribution in [0.3, 0.4) is 0 Å². The van der Waals surface area contributed by atoms with E-state index in [9.17, 15) is 13.2 Å². The molecule has 0 bridgehead atoms. The monoisotopic (exact) mass is 374 g/mol. The van der Waals surface area contributed by atoms with Crippen molar-refractivity contribution in [1.29, 1.82) is 0 Å². The molecule has 0 N–H and O–H groups in total. The van der Waals surface area contributed by atoms with E-state index in [-0.39, 0.29) is 18.4 Å². The Kier molecular flexibility index (Phi) is 6.42. The smallest absolute Gasteiger partial charge is 0.243 e. The highest BCUT2D eigenvalue weighted by molar-refractivity contribution is 7.92. The predicted octanol–water partition coefficient (Wildman–Crippen LogP) is 3.23. The van der Waals surface area contributed by atoms with Crippen molar-refractivity contribution in [3.63, 3.8) is 0 Å². The second-order valence-electron chi connectivity index (χ2n) is 6.72. The molecule has 2 rings (SSSR count). The average molecular weight is 375 g/mol. The van der Waals surface area contributed by atoms with Crippen molar-refractivity contribution in [2.75, 3.05) is 24.2 Å². The van der Waals surface area contributed by atoms with Crippen molar-refractivity contribution in [2.45, 2.75) is 26.3 Å². The third kappa shape index (κ3) is 5.08. The Hall–Kier alpha value is -2.34. The first-order valence-electron chi connectivity index (χ1n) is 8.54. The van der Waals surface area contributed by atoms with Crippen molar-refractivity contribution < 1.29 is 13.2 Å². The summed E-state index contributed by atoms with van der Waals surface area (Å²) in [7, 11) is -1.90. The normalized spacial score (nSPS) is 11.4. The van der Waals surface area contributed by atoms with Crippen LogP contribution in [-0.4, -0.2) is 39.1 Å².